The predicted molar refractivity (Wildman–Crippen MR) is 109 cm³/mol. The van der Waals surface area contributed by atoms with Gasteiger partial charge in [-0.2, -0.15) is 0 Å². The molecule has 0 aliphatic carbocycles. The van der Waals surface area contributed by atoms with Crippen molar-refractivity contribution in [1.29, 1.82) is 0 Å². The van der Waals surface area contributed by atoms with Crippen LogP contribution in [0.2, 0.25) is 0 Å². The fraction of sp³-hybridized carbons (Fsp3) is 0.478. The molecule has 142 valence electrons. The van der Waals surface area contributed by atoms with Crippen molar-refractivity contribution in [1.82, 2.24) is 5.32 Å². The maximum absolute atomic E-state index is 6.15. The highest BCUT2D eigenvalue weighted by molar-refractivity contribution is 5.46. The van der Waals surface area contributed by atoms with Gasteiger partial charge < -0.3 is 14.8 Å². The molecule has 2 aromatic rings. The molecule has 0 spiro atoms. The van der Waals surface area contributed by atoms with E-state index in [0.717, 1.165) is 35.6 Å². The SMILES string of the molecule is COc1cccc(CNC(C)(C)CC(C)(C)C)c1OCc1ccccc1. The predicted octanol–water partition coefficient (Wildman–Crippen LogP) is 5.58. The lowest BCUT2D eigenvalue weighted by Gasteiger charge is -2.33. The molecule has 1 N–H and O–H groups in total. The smallest absolute Gasteiger partial charge is 0.166 e. The fourth-order valence-corrected chi connectivity index (χ4v) is 3.48. The van der Waals surface area contributed by atoms with E-state index in [4.69, 9.17) is 9.47 Å². The third kappa shape index (κ3) is 6.38. The third-order valence-corrected chi connectivity index (χ3v) is 4.24. The highest BCUT2D eigenvalue weighted by atomic mass is 16.5. The van der Waals surface area contributed by atoms with Gasteiger partial charge in [-0.15, -0.1) is 0 Å². The van der Waals surface area contributed by atoms with Gasteiger partial charge >= 0.3 is 0 Å². The van der Waals surface area contributed by atoms with Gasteiger partial charge in [0.15, 0.2) is 11.5 Å². The van der Waals surface area contributed by atoms with E-state index in [-0.39, 0.29) is 11.0 Å². The summed E-state index contributed by atoms with van der Waals surface area (Å²) in [7, 11) is 1.69. The molecule has 0 aliphatic rings. The molecule has 3 nitrogen and oxygen atoms in total. The molecule has 0 heterocycles. The van der Waals surface area contributed by atoms with Crippen LogP contribution >= 0.6 is 0 Å². The van der Waals surface area contributed by atoms with Crippen molar-refractivity contribution in [2.75, 3.05) is 7.11 Å². The molecule has 2 aromatic carbocycles. The lowest BCUT2D eigenvalue weighted by Crippen LogP contribution is -2.41. The van der Waals surface area contributed by atoms with E-state index >= 15 is 0 Å². The van der Waals surface area contributed by atoms with E-state index in [9.17, 15) is 0 Å². The molecule has 0 aromatic heterocycles. The summed E-state index contributed by atoms with van der Waals surface area (Å²) in [4.78, 5) is 0. The van der Waals surface area contributed by atoms with E-state index in [2.05, 4.69) is 58.1 Å². The summed E-state index contributed by atoms with van der Waals surface area (Å²) >= 11 is 0. The van der Waals surface area contributed by atoms with Crippen molar-refractivity contribution in [3.05, 3.63) is 59.7 Å². The highest BCUT2D eigenvalue weighted by Gasteiger charge is 2.25. The Morgan fingerprint density at radius 3 is 2.19 bits per heavy atom. The Balaban J connectivity index is 2.12. The van der Waals surface area contributed by atoms with Crippen LogP contribution in [0.25, 0.3) is 0 Å². The first kappa shape index (κ1) is 20.3. The van der Waals surface area contributed by atoms with Gasteiger partial charge in [-0.1, -0.05) is 63.2 Å². The standard InChI is InChI=1S/C23H33NO2/c1-22(2,3)17-23(4,5)24-15-19-13-10-14-20(25-6)21(19)26-16-18-11-8-7-9-12-18/h7-14,24H,15-17H2,1-6H3. The molecule has 0 unspecified atom stereocenters. The summed E-state index contributed by atoms with van der Waals surface area (Å²) < 4.78 is 11.7. The van der Waals surface area contributed by atoms with Gasteiger partial charge in [0.2, 0.25) is 0 Å². The molecule has 0 fully saturated rings. The number of hydrogen-bond donors (Lipinski definition) is 1. The normalized spacial score (nSPS) is 12.1. The van der Waals surface area contributed by atoms with Gasteiger partial charge in [0.05, 0.1) is 7.11 Å². The lowest BCUT2D eigenvalue weighted by molar-refractivity contribution is 0.237. The minimum atomic E-state index is 0.0397. The Kier molecular flexibility index (Phi) is 6.71. The average Bonchev–Trinajstić information content (AvgIpc) is 2.57. The summed E-state index contributed by atoms with van der Waals surface area (Å²) in [6.45, 7) is 12.6. The first-order valence-electron chi connectivity index (χ1n) is 9.28. The van der Waals surface area contributed by atoms with Crippen LogP contribution in [0.4, 0.5) is 0 Å². The Morgan fingerprint density at radius 2 is 1.58 bits per heavy atom. The first-order chi connectivity index (χ1) is 12.2. The molecule has 0 aliphatic heterocycles. The summed E-state index contributed by atoms with van der Waals surface area (Å²) in [5.74, 6) is 1.59. The maximum Gasteiger partial charge on any atom is 0.166 e. The summed E-state index contributed by atoms with van der Waals surface area (Å²) in [5, 5.41) is 3.69. The molecule has 0 radical (unpaired) electrons. The number of nitrogens with one attached hydrogen (secondary N) is 1. The summed E-state index contributed by atoms with van der Waals surface area (Å²) in [6.07, 6.45) is 1.09. The largest absolute Gasteiger partial charge is 0.493 e. The van der Waals surface area contributed by atoms with Crippen LogP contribution in [0, 0.1) is 5.41 Å². The quantitative estimate of drug-likeness (QED) is 0.670. The second-order valence-corrected chi connectivity index (χ2v) is 8.70. The van der Waals surface area contributed by atoms with Crippen LogP contribution < -0.4 is 14.8 Å². The van der Waals surface area contributed by atoms with E-state index < -0.39 is 0 Å². The zero-order chi connectivity index (χ0) is 19.2. The molecule has 0 saturated carbocycles. The maximum atomic E-state index is 6.15. The first-order valence-corrected chi connectivity index (χ1v) is 9.28. The molecule has 0 saturated heterocycles. The van der Waals surface area contributed by atoms with Crippen molar-refractivity contribution in [3.63, 3.8) is 0 Å². The molecular weight excluding hydrogens is 322 g/mol. The van der Waals surface area contributed by atoms with E-state index in [1.807, 2.05) is 30.3 Å². The van der Waals surface area contributed by atoms with Gasteiger partial charge in [0.25, 0.3) is 0 Å². The van der Waals surface area contributed by atoms with Crippen LogP contribution in [0.3, 0.4) is 0 Å². The van der Waals surface area contributed by atoms with Gasteiger partial charge in [0, 0.05) is 17.6 Å². The molecule has 0 amide bonds. The van der Waals surface area contributed by atoms with Gasteiger partial charge in [-0.25, -0.2) is 0 Å². The van der Waals surface area contributed by atoms with Gasteiger partial charge in [-0.05, 0) is 37.3 Å². The molecule has 2 rings (SSSR count). The number of methoxy groups -OCH3 is 1. The van der Waals surface area contributed by atoms with E-state index in [1.165, 1.54) is 0 Å². The van der Waals surface area contributed by atoms with E-state index in [0.29, 0.717) is 6.61 Å². The Bertz CT molecular complexity index is 687. The monoisotopic (exact) mass is 355 g/mol. The number of rotatable bonds is 8. The fourth-order valence-electron chi connectivity index (χ4n) is 3.48. The Hall–Kier alpha value is -2.00. The molecule has 0 bridgehead atoms. The summed E-state index contributed by atoms with van der Waals surface area (Å²) in [6, 6.07) is 16.3. The summed E-state index contributed by atoms with van der Waals surface area (Å²) in [5.41, 5.74) is 2.57. The highest BCUT2D eigenvalue weighted by Crippen LogP contribution is 2.33. The van der Waals surface area contributed by atoms with Crippen molar-refractivity contribution < 1.29 is 9.47 Å². The third-order valence-electron chi connectivity index (χ3n) is 4.24. The topological polar surface area (TPSA) is 30.5 Å². The Morgan fingerprint density at radius 1 is 0.885 bits per heavy atom. The molecule has 26 heavy (non-hydrogen) atoms. The second kappa shape index (κ2) is 8.59. The van der Waals surface area contributed by atoms with Crippen LogP contribution in [-0.2, 0) is 13.2 Å². The minimum Gasteiger partial charge on any atom is -0.493 e. The zero-order valence-electron chi connectivity index (χ0n) is 17.1. The van der Waals surface area contributed by atoms with Crippen LogP contribution in [0.15, 0.2) is 48.5 Å². The van der Waals surface area contributed by atoms with Crippen LogP contribution in [-0.4, -0.2) is 12.6 Å². The van der Waals surface area contributed by atoms with Crippen LogP contribution in [0.5, 0.6) is 11.5 Å². The number of ether oxygens (including phenoxy) is 2. The molecular formula is C23H33NO2. The van der Waals surface area contributed by atoms with Crippen molar-refractivity contribution in [2.24, 2.45) is 5.41 Å². The zero-order valence-corrected chi connectivity index (χ0v) is 17.1. The van der Waals surface area contributed by atoms with E-state index in [1.54, 1.807) is 7.11 Å². The average molecular weight is 356 g/mol. The van der Waals surface area contributed by atoms with Crippen molar-refractivity contribution >= 4 is 0 Å². The number of para-hydroxylation sites is 1. The number of hydrogen-bond acceptors (Lipinski definition) is 3. The molecule has 3 heteroatoms. The van der Waals surface area contributed by atoms with Gasteiger partial charge in [0.1, 0.15) is 6.61 Å². The lowest BCUT2D eigenvalue weighted by atomic mass is 9.82. The van der Waals surface area contributed by atoms with Crippen LogP contribution in [0.1, 0.15) is 52.2 Å². The second-order valence-electron chi connectivity index (χ2n) is 8.70. The van der Waals surface area contributed by atoms with Crippen molar-refractivity contribution in [2.45, 2.75) is 59.7 Å². The van der Waals surface area contributed by atoms with Gasteiger partial charge in [-0.3, -0.25) is 0 Å². The molecule has 0 atom stereocenters. The van der Waals surface area contributed by atoms with Crippen molar-refractivity contribution in [3.8, 4) is 11.5 Å². The minimum absolute atomic E-state index is 0.0397. The Labute approximate surface area is 158 Å². The number of benzene rings is 2.